The number of hydrogen-bond acceptors (Lipinski definition) is 5. The summed E-state index contributed by atoms with van der Waals surface area (Å²) in [5, 5.41) is 7.50. The summed E-state index contributed by atoms with van der Waals surface area (Å²) < 4.78 is 12.6. The van der Waals surface area contributed by atoms with Gasteiger partial charge in [0.2, 0.25) is 0 Å². The summed E-state index contributed by atoms with van der Waals surface area (Å²) in [7, 11) is 0. The smallest absolute Gasteiger partial charge is 0.165 e. The Morgan fingerprint density at radius 2 is 2.60 bits per heavy atom. The zero-order valence-corrected chi connectivity index (χ0v) is 8.63. The van der Waals surface area contributed by atoms with E-state index in [0.717, 1.165) is 19.4 Å². The second-order valence-corrected chi connectivity index (χ2v) is 3.62. The van der Waals surface area contributed by atoms with Gasteiger partial charge in [-0.15, -0.1) is 5.10 Å². The highest BCUT2D eigenvalue weighted by atomic mass is 16.5. The number of ether oxygens (including phenoxy) is 2. The van der Waals surface area contributed by atoms with Crippen molar-refractivity contribution in [3.63, 3.8) is 0 Å². The predicted octanol–water partition coefficient (Wildman–Crippen LogP) is 0.0559. The molecule has 1 aromatic rings. The lowest BCUT2D eigenvalue weighted by Crippen LogP contribution is -2.16. The molecule has 6 heteroatoms. The van der Waals surface area contributed by atoms with E-state index in [1.54, 1.807) is 10.9 Å². The second kappa shape index (κ2) is 5.09. The third-order valence-corrected chi connectivity index (χ3v) is 2.35. The molecule has 0 saturated carbocycles. The number of anilines is 1. The van der Waals surface area contributed by atoms with Crippen molar-refractivity contribution >= 4 is 5.82 Å². The minimum atomic E-state index is 0.283. The Kier molecular flexibility index (Phi) is 3.52. The summed E-state index contributed by atoms with van der Waals surface area (Å²) in [6, 6.07) is 0. The molecule has 0 bridgehead atoms. The Labute approximate surface area is 88.3 Å². The van der Waals surface area contributed by atoms with Crippen molar-refractivity contribution in [2.45, 2.75) is 25.5 Å². The van der Waals surface area contributed by atoms with Gasteiger partial charge in [-0.3, -0.25) is 0 Å². The van der Waals surface area contributed by atoms with Gasteiger partial charge < -0.3 is 15.2 Å². The fourth-order valence-corrected chi connectivity index (χ4v) is 1.57. The summed E-state index contributed by atoms with van der Waals surface area (Å²) >= 11 is 0. The van der Waals surface area contributed by atoms with Crippen LogP contribution in [0, 0.1) is 0 Å². The van der Waals surface area contributed by atoms with Gasteiger partial charge in [0.1, 0.15) is 0 Å². The molecule has 2 N–H and O–H groups in total. The molecule has 1 aromatic heterocycles. The average molecular weight is 212 g/mol. The van der Waals surface area contributed by atoms with Gasteiger partial charge in [0, 0.05) is 6.61 Å². The molecule has 1 atom stereocenters. The van der Waals surface area contributed by atoms with Gasteiger partial charge in [0.05, 0.1) is 32.1 Å². The molecule has 1 unspecified atom stereocenters. The van der Waals surface area contributed by atoms with Crippen molar-refractivity contribution < 1.29 is 9.47 Å². The van der Waals surface area contributed by atoms with Gasteiger partial charge in [-0.1, -0.05) is 5.21 Å². The molecule has 0 amide bonds. The number of nitrogens with two attached hydrogens (primary N) is 1. The van der Waals surface area contributed by atoms with E-state index in [0.29, 0.717) is 25.6 Å². The van der Waals surface area contributed by atoms with E-state index < -0.39 is 0 Å². The molecule has 2 rings (SSSR count). The highest BCUT2D eigenvalue weighted by Gasteiger charge is 2.14. The van der Waals surface area contributed by atoms with Crippen LogP contribution in [0.5, 0.6) is 0 Å². The number of nitrogen functional groups attached to an aromatic ring is 1. The van der Waals surface area contributed by atoms with E-state index in [9.17, 15) is 0 Å². The van der Waals surface area contributed by atoms with Crippen LogP contribution in [0.3, 0.4) is 0 Å². The van der Waals surface area contributed by atoms with Gasteiger partial charge in [-0.05, 0) is 12.8 Å². The van der Waals surface area contributed by atoms with Crippen LogP contribution in [0.4, 0.5) is 5.82 Å². The minimum Gasteiger partial charge on any atom is -0.381 e. The molecule has 0 aromatic carbocycles. The first-order valence-corrected chi connectivity index (χ1v) is 5.19. The molecule has 2 heterocycles. The van der Waals surface area contributed by atoms with Crippen LogP contribution in [0.1, 0.15) is 12.8 Å². The first-order valence-electron chi connectivity index (χ1n) is 5.19. The summed E-state index contributed by atoms with van der Waals surface area (Å²) in [6.45, 7) is 2.83. The molecular formula is C9H16N4O2. The number of nitrogens with zero attached hydrogens (tertiary/aromatic N) is 3. The first kappa shape index (κ1) is 10.4. The number of rotatable bonds is 5. The summed E-state index contributed by atoms with van der Waals surface area (Å²) in [6.07, 6.45) is 4.23. The summed E-state index contributed by atoms with van der Waals surface area (Å²) in [5.74, 6) is 0.439. The number of aromatic nitrogens is 3. The third-order valence-electron chi connectivity index (χ3n) is 2.35. The molecule has 1 aliphatic heterocycles. The van der Waals surface area contributed by atoms with Crippen molar-refractivity contribution in [3.8, 4) is 0 Å². The van der Waals surface area contributed by atoms with E-state index in [2.05, 4.69) is 10.3 Å². The van der Waals surface area contributed by atoms with Gasteiger partial charge in [0.25, 0.3) is 0 Å². The predicted molar refractivity (Wildman–Crippen MR) is 54.2 cm³/mol. The standard InChI is InChI=1S/C9H16N4O2/c10-9-6-13(12-11-9)3-5-14-7-8-2-1-4-15-8/h6,8H,1-5,7,10H2. The molecule has 84 valence electrons. The minimum absolute atomic E-state index is 0.283. The van der Waals surface area contributed by atoms with E-state index in [4.69, 9.17) is 15.2 Å². The summed E-state index contributed by atoms with van der Waals surface area (Å²) in [5.41, 5.74) is 5.43. The van der Waals surface area contributed by atoms with E-state index in [-0.39, 0.29) is 6.10 Å². The van der Waals surface area contributed by atoms with Crippen molar-refractivity contribution in [1.82, 2.24) is 15.0 Å². The molecule has 1 fully saturated rings. The van der Waals surface area contributed by atoms with E-state index in [1.807, 2.05) is 0 Å². The molecule has 15 heavy (non-hydrogen) atoms. The van der Waals surface area contributed by atoms with Crippen LogP contribution in [0.2, 0.25) is 0 Å². The van der Waals surface area contributed by atoms with Crippen LogP contribution >= 0.6 is 0 Å². The Hall–Kier alpha value is -1.14. The molecular weight excluding hydrogens is 196 g/mol. The maximum absolute atomic E-state index is 5.48. The van der Waals surface area contributed by atoms with Gasteiger partial charge in [-0.2, -0.15) is 0 Å². The van der Waals surface area contributed by atoms with Crippen molar-refractivity contribution in [1.29, 1.82) is 0 Å². The van der Waals surface area contributed by atoms with Crippen LogP contribution in [0.15, 0.2) is 6.20 Å². The van der Waals surface area contributed by atoms with Gasteiger partial charge >= 0.3 is 0 Å². The van der Waals surface area contributed by atoms with Crippen molar-refractivity contribution in [3.05, 3.63) is 6.20 Å². The van der Waals surface area contributed by atoms with Crippen molar-refractivity contribution in [2.24, 2.45) is 0 Å². The Morgan fingerprint density at radius 1 is 1.67 bits per heavy atom. The van der Waals surface area contributed by atoms with Gasteiger partial charge in [0.15, 0.2) is 5.82 Å². The van der Waals surface area contributed by atoms with Crippen molar-refractivity contribution in [2.75, 3.05) is 25.6 Å². The largest absolute Gasteiger partial charge is 0.381 e. The average Bonchev–Trinajstić information content (AvgIpc) is 2.84. The highest BCUT2D eigenvalue weighted by Crippen LogP contribution is 2.11. The monoisotopic (exact) mass is 212 g/mol. The maximum Gasteiger partial charge on any atom is 0.165 e. The maximum atomic E-state index is 5.48. The first-order chi connectivity index (χ1) is 7.34. The topological polar surface area (TPSA) is 75.2 Å². The lowest BCUT2D eigenvalue weighted by molar-refractivity contribution is 0.0141. The molecule has 1 saturated heterocycles. The highest BCUT2D eigenvalue weighted by molar-refractivity contribution is 5.19. The molecule has 0 radical (unpaired) electrons. The van der Waals surface area contributed by atoms with E-state index >= 15 is 0 Å². The lowest BCUT2D eigenvalue weighted by Gasteiger charge is -2.09. The molecule has 6 nitrogen and oxygen atoms in total. The Bertz CT molecular complexity index is 296. The fourth-order valence-electron chi connectivity index (χ4n) is 1.57. The van der Waals surface area contributed by atoms with E-state index in [1.165, 1.54) is 0 Å². The molecule has 1 aliphatic rings. The van der Waals surface area contributed by atoms with Crippen LogP contribution in [-0.4, -0.2) is 40.9 Å². The second-order valence-electron chi connectivity index (χ2n) is 3.62. The Morgan fingerprint density at radius 3 is 3.27 bits per heavy atom. The quantitative estimate of drug-likeness (QED) is 0.698. The zero-order chi connectivity index (χ0) is 10.5. The Balaban J connectivity index is 1.58. The summed E-state index contributed by atoms with van der Waals surface area (Å²) in [4.78, 5) is 0. The van der Waals surface area contributed by atoms with Crippen LogP contribution < -0.4 is 5.73 Å². The molecule has 0 aliphatic carbocycles. The van der Waals surface area contributed by atoms with Gasteiger partial charge in [-0.25, -0.2) is 4.68 Å². The number of hydrogen-bond donors (Lipinski definition) is 1. The third kappa shape index (κ3) is 3.17. The normalized spacial score (nSPS) is 20.9. The molecule has 0 spiro atoms. The van der Waals surface area contributed by atoms with Crippen LogP contribution in [-0.2, 0) is 16.0 Å². The zero-order valence-electron chi connectivity index (χ0n) is 8.63. The lowest BCUT2D eigenvalue weighted by atomic mass is 10.2. The van der Waals surface area contributed by atoms with Crippen LogP contribution in [0.25, 0.3) is 0 Å². The fraction of sp³-hybridized carbons (Fsp3) is 0.778. The SMILES string of the molecule is Nc1cn(CCOCC2CCCO2)nn1.